The van der Waals surface area contributed by atoms with Crippen LogP contribution in [0, 0.1) is 0 Å². The van der Waals surface area contributed by atoms with Gasteiger partial charge in [-0.1, -0.05) is 30.3 Å². The molecule has 1 heterocycles. The van der Waals surface area contributed by atoms with Crippen molar-refractivity contribution in [2.45, 2.75) is 58.1 Å². The van der Waals surface area contributed by atoms with Crippen LogP contribution in [0.1, 0.15) is 26.3 Å². The second kappa shape index (κ2) is 9.99. The minimum absolute atomic E-state index is 0.0137. The molecule has 1 saturated heterocycles. The largest absolute Gasteiger partial charge is 0.479 e. The van der Waals surface area contributed by atoms with E-state index in [0.717, 1.165) is 26.3 Å². The molecule has 2 rings (SSSR count). The van der Waals surface area contributed by atoms with Crippen LogP contribution in [0.2, 0.25) is 0 Å². The maximum atomic E-state index is 11.7. The highest BCUT2D eigenvalue weighted by atomic mass is 16.7. The highest BCUT2D eigenvalue weighted by Crippen LogP contribution is 2.30. The van der Waals surface area contributed by atoms with Gasteiger partial charge in [0.25, 0.3) is 0 Å². The van der Waals surface area contributed by atoms with Crippen molar-refractivity contribution in [1.82, 2.24) is 0 Å². The number of rotatable bonds is 7. The fraction of sp³-hybridized carbons (Fsp3) is 0.474. The van der Waals surface area contributed by atoms with E-state index in [0.29, 0.717) is 0 Å². The molecule has 0 aromatic heterocycles. The Kier molecular flexibility index (Phi) is 7.68. The second-order valence-electron chi connectivity index (χ2n) is 6.28. The zero-order valence-corrected chi connectivity index (χ0v) is 16.1. The molecule has 1 aromatic rings. The lowest BCUT2D eigenvalue weighted by Gasteiger charge is -2.42. The summed E-state index contributed by atoms with van der Waals surface area (Å²) >= 11 is 0. The molecule has 1 unspecified atom stereocenters. The number of hydrogen-bond donors (Lipinski definition) is 1. The Morgan fingerprint density at radius 1 is 0.862 bits per heavy atom. The quantitative estimate of drug-likeness (QED) is 0.508. The number of carboxylic acid groups (broad SMARTS) is 1. The first-order valence-corrected chi connectivity index (χ1v) is 8.74. The van der Waals surface area contributed by atoms with E-state index >= 15 is 0 Å². The fourth-order valence-electron chi connectivity index (χ4n) is 2.86. The smallest absolute Gasteiger partial charge is 0.337 e. The summed E-state index contributed by atoms with van der Waals surface area (Å²) in [7, 11) is 0. The van der Waals surface area contributed by atoms with Gasteiger partial charge in [-0.3, -0.25) is 14.4 Å². The van der Waals surface area contributed by atoms with E-state index in [-0.39, 0.29) is 6.61 Å². The number of carbonyl (C=O) groups is 4. The maximum absolute atomic E-state index is 11.7. The molecule has 0 amide bonds. The van der Waals surface area contributed by atoms with E-state index in [9.17, 15) is 24.3 Å². The van der Waals surface area contributed by atoms with Gasteiger partial charge in [-0.15, -0.1) is 0 Å². The summed E-state index contributed by atoms with van der Waals surface area (Å²) in [5.41, 5.74) is 0.734. The maximum Gasteiger partial charge on any atom is 0.337 e. The lowest BCUT2D eigenvalue weighted by atomic mass is 9.97. The van der Waals surface area contributed by atoms with Gasteiger partial charge < -0.3 is 28.8 Å². The van der Waals surface area contributed by atoms with Gasteiger partial charge >= 0.3 is 23.9 Å². The predicted molar refractivity (Wildman–Crippen MR) is 94.2 cm³/mol. The Labute approximate surface area is 166 Å². The van der Waals surface area contributed by atoms with E-state index in [1.54, 1.807) is 30.3 Å². The Morgan fingerprint density at radius 3 is 1.93 bits per heavy atom. The average Bonchev–Trinajstić information content (AvgIpc) is 2.62. The molecule has 0 spiro atoms. The van der Waals surface area contributed by atoms with E-state index in [1.165, 1.54) is 0 Å². The molecule has 1 aliphatic rings. The van der Waals surface area contributed by atoms with Crippen molar-refractivity contribution in [3.63, 3.8) is 0 Å². The number of ether oxygens (including phenoxy) is 5. The average molecular weight is 410 g/mol. The summed E-state index contributed by atoms with van der Waals surface area (Å²) in [4.78, 5) is 46.3. The van der Waals surface area contributed by atoms with Crippen molar-refractivity contribution in [3.05, 3.63) is 35.9 Å². The molecule has 1 N–H and O–H groups in total. The van der Waals surface area contributed by atoms with Crippen LogP contribution >= 0.6 is 0 Å². The van der Waals surface area contributed by atoms with Crippen molar-refractivity contribution >= 4 is 23.9 Å². The standard InChI is InChI=1S/C19H22O10/c1-10(20)26-15-14(25-9-13-7-5-4-6-8-13)17(27-11(2)21)19(28-12(3)22)29-16(15)18(23)24/h4-8,14-17,19H,9H2,1-3H3,(H,23,24)/t14-,15-,16-,17+,19?/m0/s1. The molecule has 0 bridgehead atoms. The molecule has 10 heteroatoms. The van der Waals surface area contributed by atoms with Gasteiger partial charge in [0.15, 0.2) is 18.3 Å². The van der Waals surface area contributed by atoms with E-state index in [1.807, 2.05) is 0 Å². The van der Waals surface area contributed by atoms with Crippen LogP contribution in [0.25, 0.3) is 0 Å². The zero-order valence-electron chi connectivity index (χ0n) is 16.1. The molecule has 1 fully saturated rings. The molecular weight excluding hydrogens is 388 g/mol. The molecule has 0 radical (unpaired) electrons. The third-order valence-electron chi connectivity index (χ3n) is 3.91. The third kappa shape index (κ3) is 6.26. The number of hydrogen-bond acceptors (Lipinski definition) is 9. The van der Waals surface area contributed by atoms with Gasteiger partial charge in [-0.2, -0.15) is 0 Å². The second-order valence-corrected chi connectivity index (χ2v) is 6.28. The van der Waals surface area contributed by atoms with E-state index in [2.05, 4.69) is 0 Å². The third-order valence-corrected chi connectivity index (χ3v) is 3.91. The first kappa shape index (κ1) is 22.3. The number of esters is 3. The summed E-state index contributed by atoms with van der Waals surface area (Å²) in [5, 5.41) is 9.52. The number of carboxylic acids is 1. The van der Waals surface area contributed by atoms with E-state index in [4.69, 9.17) is 23.7 Å². The molecule has 1 aliphatic heterocycles. The van der Waals surface area contributed by atoms with Gasteiger partial charge in [0.05, 0.1) is 6.61 Å². The van der Waals surface area contributed by atoms with E-state index < -0.39 is 54.6 Å². The van der Waals surface area contributed by atoms with Gasteiger partial charge in [0, 0.05) is 20.8 Å². The van der Waals surface area contributed by atoms with Gasteiger partial charge in [0.1, 0.15) is 6.10 Å². The molecule has 5 atom stereocenters. The summed E-state index contributed by atoms with van der Waals surface area (Å²) < 4.78 is 26.4. The van der Waals surface area contributed by atoms with Gasteiger partial charge in [0.2, 0.25) is 6.29 Å². The van der Waals surface area contributed by atoms with Crippen LogP contribution in [-0.4, -0.2) is 59.7 Å². The first-order chi connectivity index (χ1) is 13.7. The Hall–Kier alpha value is -2.98. The van der Waals surface area contributed by atoms with Crippen LogP contribution in [0.15, 0.2) is 30.3 Å². The number of benzene rings is 1. The van der Waals surface area contributed by atoms with Gasteiger partial charge in [-0.25, -0.2) is 4.79 Å². The van der Waals surface area contributed by atoms with Crippen LogP contribution in [0.4, 0.5) is 0 Å². The lowest BCUT2D eigenvalue weighted by Crippen LogP contribution is -2.63. The molecule has 0 aliphatic carbocycles. The molecule has 1 aromatic carbocycles. The molecule has 10 nitrogen and oxygen atoms in total. The van der Waals surface area contributed by atoms with Crippen molar-refractivity contribution in [3.8, 4) is 0 Å². The van der Waals surface area contributed by atoms with Crippen molar-refractivity contribution in [1.29, 1.82) is 0 Å². The Balaban J connectivity index is 2.40. The predicted octanol–water partition coefficient (Wildman–Crippen LogP) is 0.808. The molecule has 0 saturated carbocycles. The van der Waals surface area contributed by atoms with Crippen molar-refractivity contribution in [2.24, 2.45) is 0 Å². The minimum Gasteiger partial charge on any atom is -0.479 e. The minimum atomic E-state index is -1.71. The first-order valence-electron chi connectivity index (χ1n) is 8.74. The van der Waals surface area contributed by atoms with Crippen molar-refractivity contribution in [2.75, 3.05) is 0 Å². The Bertz CT molecular complexity index is 747. The zero-order chi connectivity index (χ0) is 21.6. The van der Waals surface area contributed by atoms with Crippen LogP contribution in [0.3, 0.4) is 0 Å². The number of aliphatic carboxylic acids is 1. The van der Waals surface area contributed by atoms with Crippen LogP contribution < -0.4 is 0 Å². The lowest BCUT2D eigenvalue weighted by molar-refractivity contribution is -0.299. The molecule has 29 heavy (non-hydrogen) atoms. The Morgan fingerprint density at radius 2 is 1.41 bits per heavy atom. The van der Waals surface area contributed by atoms with Crippen molar-refractivity contribution < 1.29 is 48.0 Å². The fourth-order valence-corrected chi connectivity index (χ4v) is 2.86. The summed E-state index contributed by atoms with van der Waals surface area (Å²) in [6.45, 7) is 3.28. The van der Waals surface area contributed by atoms with Crippen LogP contribution in [-0.2, 0) is 49.5 Å². The molecule has 158 valence electrons. The number of carbonyl (C=O) groups excluding carboxylic acids is 3. The highest BCUT2D eigenvalue weighted by Gasteiger charge is 2.54. The monoisotopic (exact) mass is 410 g/mol. The normalized spacial score (nSPS) is 26.2. The summed E-state index contributed by atoms with van der Waals surface area (Å²) in [5.74, 6) is -3.79. The summed E-state index contributed by atoms with van der Waals surface area (Å²) in [6, 6.07) is 8.88. The topological polar surface area (TPSA) is 135 Å². The molecular formula is C19H22O10. The van der Waals surface area contributed by atoms with Gasteiger partial charge in [-0.05, 0) is 5.56 Å². The highest BCUT2D eigenvalue weighted by molar-refractivity contribution is 5.75. The van der Waals surface area contributed by atoms with Crippen LogP contribution in [0.5, 0.6) is 0 Å². The summed E-state index contributed by atoms with van der Waals surface area (Å²) in [6.07, 6.45) is -7.37. The SMILES string of the molecule is CC(=O)OC1O[C@H](C(=O)O)[C@@H](OC(C)=O)[C@H](OCc2ccccc2)[C@H]1OC(C)=O.